The summed E-state index contributed by atoms with van der Waals surface area (Å²) >= 11 is 1.42. The molecule has 4 nitrogen and oxygen atoms in total. The number of nitrogens with two attached hydrogens (primary N) is 1. The van der Waals surface area contributed by atoms with Gasteiger partial charge < -0.3 is 15.2 Å². The van der Waals surface area contributed by atoms with Crippen LogP contribution in [0.2, 0.25) is 0 Å². The average Bonchev–Trinajstić information content (AvgIpc) is 2.62. The Morgan fingerprint density at radius 2 is 1.62 bits per heavy atom. The highest BCUT2D eigenvalue weighted by Gasteiger charge is 2.18. The van der Waals surface area contributed by atoms with Gasteiger partial charge in [-0.05, 0) is 25.0 Å². The first kappa shape index (κ1) is 11.0. The standard InChI is InChI=1S/C11H14N2O2S/c1-5-6(2)9(15-4)10-7(8(5)14-3)13-11(12)16-10/h1-4H3,(H2,12,13). The van der Waals surface area contributed by atoms with E-state index in [9.17, 15) is 0 Å². The Labute approximate surface area is 98.0 Å². The van der Waals surface area contributed by atoms with Crippen molar-refractivity contribution < 1.29 is 9.47 Å². The third kappa shape index (κ3) is 1.39. The largest absolute Gasteiger partial charge is 0.495 e. The van der Waals surface area contributed by atoms with Crippen LogP contribution in [0.5, 0.6) is 11.5 Å². The molecule has 16 heavy (non-hydrogen) atoms. The Morgan fingerprint density at radius 3 is 2.19 bits per heavy atom. The summed E-state index contributed by atoms with van der Waals surface area (Å²) in [6.07, 6.45) is 0. The van der Waals surface area contributed by atoms with E-state index in [2.05, 4.69) is 4.98 Å². The van der Waals surface area contributed by atoms with Gasteiger partial charge in [0.1, 0.15) is 21.7 Å². The molecule has 2 N–H and O–H groups in total. The number of aromatic nitrogens is 1. The highest BCUT2D eigenvalue weighted by molar-refractivity contribution is 7.22. The quantitative estimate of drug-likeness (QED) is 0.873. The maximum absolute atomic E-state index is 5.73. The lowest BCUT2D eigenvalue weighted by Crippen LogP contribution is -1.96. The van der Waals surface area contributed by atoms with Crippen molar-refractivity contribution in [3.8, 4) is 11.5 Å². The van der Waals surface area contributed by atoms with Gasteiger partial charge in [-0.1, -0.05) is 11.3 Å². The molecule has 0 amide bonds. The number of methoxy groups -OCH3 is 2. The summed E-state index contributed by atoms with van der Waals surface area (Å²) in [6, 6.07) is 0. The van der Waals surface area contributed by atoms with Gasteiger partial charge in [0.05, 0.1) is 14.2 Å². The van der Waals surface area contributed by atoms with Gasteiger partial charge in [0.25, 0.3) is 0 Å². The van der Waals surface area contributed by atoms with Gasteiger partial charge in [-0.15, -0.1) is 0 Å². The number of fused-ring (bicyclic) bond motifs is 1. The third-order valence-corrected chi connectivity index (χ3v) is 3.60. The molecule has 2 aromatic rings. The van der Waals surface area contributed by atoms with E-state index in [4.69, 9.17) is 15.2 Å². The van der Waals surface area contributed by atoms with Crippen LogP contribution in [0.1, 0.15) is 11.1 Å². The van der Waals surface area contributed by atoms with Crippen LogP contribution in [0.15, 0.2) is 0 Å². The van der Waals surface area contributed by atoms with Crippen molar-refractivity contribution in [3.63, 3.8) is 0 Å². The van der Waals surface area contributed by atoms with Crippen LogP contribution in [0.3, 0.4) is 0 Å². The van der Waals surface area contributed by atoms with E-state index in [1.807, 2.05) is 13.8 Å². The lowest BCUT2D eigenvalue weighted by atomic mass is 10.1. The molecule has 5 heteroatoms. The van der Waals surface area contributed by atoms with Gasteiger partial charge in [-0.2, -0.15) is 0 Å². The van der Waals surface area contributed by atoms with Crippen molar-refractivity contribution in [2.24, 2.45) is 0 Å². The van der Waals surface area contributed by atoms with Crippen molar-refractivity contribution in [2.75, 3.05) is 20.0 Å². The molecule has 86 valence electrons. The second kappa shape index (κ2) is 3.83. The van der Waals surface area contributed by atoms with Crippen LogP contribution in [-0.2, 0) is 0 Å². The number of thiazole rings is 1. The van der Waals surface area contributed by atoms with E-state index >= 15 is 0 Å². The molecule has 0 aliphatic rings. The third-order valence-electron chi connectivity index (χ3n) is 2.72. The highest BCUT2D eigenvalue weighted by Crippen LogP contribution is 2.43. The first-order valence-electron chi connectivity index (χ1n) is 4.87. The Hall–Kier alpha value is -1.49. The Morgan fingerprint density at radius 1 is 1.06 bits per heavy atom. The van der Waals surface area contributed by atoms with Gasteiger partial charge in [0.15, 0.2) is 5.13 Å². The summed E-state index contributed by atoms with van der Waals surface area (Å²) < 4.78 is 11.7. The van der Waals surface area contributed by atoms with E-state index in [-0.39, 0.29) is 0 Å². The monoisotopic (exact) mass is 238 g/mol. The van der Waals surface area contributed by atoms with E-state index in [1.54, 1.807) is 14.2 Å². The average molecular weight is 238 g/mol. The predicted molar refractivity (Wildman–Crippen MR) is 66.6 cm³/mol. The molecule has 0 bridgehead atoms. The number of nitrogens with zero attached hydrogens (tertiary/aromatic N) is 1. The van der Waals surface area contributed by atoms with Crippen LogP contribution in [0, 0.1) is 13.8 Å². The number of ether oxygens (including phenoxy) is 2. The van der Waals surface area contributed by atoms with Crippen molar-refractivity contribution in [2.45, 2.75) is 13.8 Å². The maximum Gasteiger partial charge on any atom is 0.181 e. The van der Waals surface area contributed by atoms with Crippen LogP contribution < -0.4 is 15.2 Å². The summed E-state index contributed by atoms with van der Waals surface area (Å²) in [6.45, 7) is 4.00. The lowest BCUT2D eigenvalue weighted by Gasteiger charge is -2.12. The van der Waals surface area contributed by atoms with Crippen molar-refractivity contribution >= 4 is 26.7 Å². The van der Waals surface area contributed by atoms with Crippen LogP contribution in [0.4, 0.5) is 5.13 Å². The Balaban J connectivity index is 2.94. The van der Waals surface area contributed by atoms with Crippen molar-refractivity contribution in [1.82, 2.24) is 4.98 Å². The second-order valence-corrected chi connectivity index (χ2v) is 4.58. The fourth-order valence-electron chi connectivity index (χ4n) is 1.83. The molecule has 0 saturated heterocycles. The van der Waals surface area contributed by atoms with Crippen molar-refractivity contribution in [3.05, 3.63) is 11.1 Å². The molecule has 0 aliphatic carbocycles. The van der Waals surface area contributed by atoms with Gasteiger partial charge in [0, 0.05) is 0 Å². The summed E-state index contributed by atoms with van der Waals surface area (Å²) in [5.74, 6) is 1.61. The molecule has 0 fully saturated rings. The Bertz CT molecular complexity index is 502. The van der Waals surface area contributed by atoms with Crippen LogP contribution in [0.25, 0.3) is 10.2 Å². The normalized spacial score (nSPS) is 10.8. The van der Waals surface area contributed by atoms with Gasteiger partial charge in [-0.3, -0.25) is 0 Å². The molecule has 0 saturated carbocycles. The number of nitrogen functional groups attached to an aromatic ring is 1. The fraction of sp³-hybridized carbons (Fsp3) is 0.364. The molecule has 1 heterocycles. The molecular weight excluding hydrogens is 224 g/mol. The summed E-state index contributed by atoms with van der Waals surface area (Å²) in [4.78, 5) is 4.29. The molecular formula is C11H14N2O2S. The molecule has 0 spiro atoms. The molecule has 1 aromatic carbocycles. The number of anilines is 1. The minimum Gasteiger partial charge on any atom is -0.495 e. The maximum atomic E-state index is 5.73. The predicted octanol–water partition coefficient (Wildman–Crippen LogP) is 2.51. The van der Waals surface area contributed by atoms with Gasteiger partial charge in [0.2, 0.25) is 0 Å². The molecule has 1 aromatic heterocycles. The molecule has 0 radical (unpaired) electrons. The minimum absolute atomic E-state index is 0.525. The molecule has 2 rings (SSSR count). The first-order chi connectivity index (χ1) is 7.60. The van der Waals surface area contributed by atoms with Gasteiger partial charge in [-0.25, -0.2) is 4.98 Å². The number of benzene rings is 1. The lowest BCUT2D eigenvalue weighted by molar-refractivity contribution is 0.405. The molecule has 0 aliphatic heterocycles. The zero-order valence-electron chi connectivity index (χ0n) is 9.75. The number of hydrogen-bond acceptors (Lipinski definition) is 5. The van der Waals surface area contributed by atoms with E-state index < -0.39 is 0 Å². The summed E-state index contributed by atoms with van der Waals surface area (Å²) in [5, 5.41) is 0.525. The summed E-state index contributed by atoms with van der Waals surface area (Å²) in [5.41, 5.74) is 8.62. The smallest absolute Gasteiger partial charge is 0.181 e. The second-order valence-electron chi connectivity index (χ2n) is 3.55. The first-order valence-corrected chi connectivity index (χ1v) is 5.69. The fourth-order valence-corrected chi connectivity index (χ4v) is 2.74. The SMILES string of the molecule is COc1c(C)c(C)c(OC)c2sc(N)nc12. The topological polar surface area (TPSA) is 57.4 Å². The van der Waals surface area contributed by atoms with Crippen LogP contribution >= 0.6 is 11.3 Å². The Kier molecular flexibility index (Phi) is 2.63. The van der Waals surface area contributed by atoms with Crippen LogP contribution in [-0.4, -0.2) is 19.2 Å². The highest BCUT2D eigenvalue weighted by atomic mass is 32.1. The zero-order valence-corrected chi connectivity index (χ0v) is 10.6. The van der Waals surface area contributed by atoms with E-state index in [0.29, 0.717) is 5.13 Å². The van der Waals surface area contributed by atoms with Gasteiger partial charge >= 0.3 is 0 Å². The molecule has 0 atom stereocenters. The van der Waals surface area contributed by atoms with E-state index in [1.165, 1.54) is 11.3 Å². The number of hydrogen-bond donors (Lipinski definition) is 1. The number of rotatable bonds is 2. The zero-order chi connectivity index (χ0) is 11.9. The van der Waals surface area contributed by atoms with Crippen molar-refractivity contribution in [1.29, 1.82) is 0 Å². The molecule has 0 unspecified atom stereocenters. The van der Waals surface area contributed by atoms with E-state index in [0.717, 1.165) is 32.8 Å². The summed E-state index contributed by atoms with van der Waals surface area (Å²) in [7, 11) is 3.30. The minimum atomic E-state index is 0.525.